The SMILES string of the molecule is CCCOc1cccc(C2/C(=C(\O)c3ccc4c(c3)OCCO4)C(=O)C(=O)N2c2nc(C)c(C(=O)OC)s2)c1. The molecule has 3 heterocycles. The van der Waals surface area contributed by atoms with Crippen LogP contribution in [0.25, 0.3) is 5.76 Å². The van der Waals surface area contributed by atoms with Gasteiger partial charge in [-0.2, -0.15) is 0 Å². The highest BCUT2D eigenvalue weighted by atomic mass is 32.1. The maximum absolute atomic E-state index is 13.5. The van der Waals surface area contributed by atoms with E-state index < -0.39 is 23.7 Å². The van der Waals surface area contributed by atoms with Crippen molar-refractivity contribution in [1.29, 1.82) is 0 Å². The van der Waals surface area contributed by atoms with Crippen LogP contribution in [0.1, 0.15) is 45.9 Å². The second kappa shape index (κ2) is 10.8. The number of aromatic nitrogens is 1. The summed E-state index contributed by atoms with van der Waals surface area (Å²) in [4.78, 5) is 45.1. The van der Waals surface area contributed by atoms with E-state index in [2.05, 4.69) is 4.98 Å². The number of aryl methyl sites for hydroxylation is 1. The molecule has 1 N–H and O–H groups in total. The molecule has 1 amide bonds. The predicted octanol–water partition coefficient (Wildman–Crippen LogP) is 4.42. The number of thiazole rings is 1. The summed E-state index contributed by atoms with van der Waals surface area (Å²) < 4.78 is 21.8. The van der Waals surface area contributed by atoms with E-state index in [9.17, 15) is 19.5 Å². The number of ether oxygens (including phenoxy) is 4. The number of carbonyl (C=O) groups is 3. The fourth-order valence-electron chi connectivity index (χ4n) is 4.45. The number of ketones is 1. The zero-order valence-corrected chi connectivity index (χ0v) is 22.4. The molecule has 1 saturated heterocycles. The number of amides is 1. The van der Waals surface area contributed by atoms with Gasteiger partial charge < -0.3 is 24.1 Å². The van der Waals surface area contributed by atoms with Crippen LogP contribution >= 0.6 is 11.3 Å². The number of esters is 1. The predicted molar refractivity (Wildman–Crippen MR) is 143 cm³/mol. The highest BCUT2D eigenvalue weighted by Gasteiger charge is 2.48. The Hall–Kier alpha value is -4.38. The van der Waals surface area contributed by atoms with Crippen molar-refractivity contribution in [1.82, 2.24) is 4.98 Å². The molecule has 0 spiro atoms. The number of rotatable bonds is 7. The topological polar surface area (TPSA) is 124 Å². The average molecular weight is 551 g/mol. The number of aliphatic hydroxyl groups is 1. The van der Waals surface area contributed by atoms with E-state index in [0.29, 0.717) is 48.3 Å². The van der Waals surface area contributed by atoms with Crippen LogP contribution in [0.15, 0.2) is 48.0 Å². The largest absolute Gasteiger partial charge is 0.507 e. The molecule has 1 aromatic heterocycles. The number of anilines is 1. The number of hydrogen-bond donors (Lipinski definition) is 1. The summed E-state index contributed by atoms with van der Waals surface area (Å²) in [6.07, 6.45) is 0.793. The number of carbonyl (C=O) groups excluding carboxylic acids is 3. The van der Waals surface area contributed by atoms with Crippen molar-refractivity contribution in [2.45, 2.75) is 26.3 Å². The van der Waals surface area contributed by atoms with Crippen molar-refractivity contribution in [3.05, 3.63) is 69.7 Å². The molecule has 0 aliphatic carbocycles. The van der Waals surface area contributed by atoms with Gasteiger partial charge in [0, 0.05) is 5.56 Å². The summed E-state index contributed by atoms with van der Waals surface area (Å²) in [7, 11) is 1.25. The van der Waals surface area contributed by atoms with Crippen LogP contribution in [0, 0.1) is 6.92 Å². The number of Topliss-reactive ketones (excluding diaryl/α,β-unsaturated/α-hetero) is 1. The van der Waals surface area contributed by atoms with Crippen molar-refractivity contribution < 1.29 is 38.4 Å². The molecule has 202 valence electrons. The third-order valence-corrected chi connectivity index (χ3v) is 7.41. The van der Waals surface area contributed by atoms with Gasteiger partial charge in [-0.05, 0) is 49.2 Å². The second-order valence-corrected chi connectivity index (χ2v) is 9.83. The quantitative estimate of drug-likeness (QED) is 0.197. The van der Waals surface area contributed by atoms with Crippen LogP contribution < -0.4 is 19.1 Å². The van der Waals surface area contributed by atoms with Crippen LogP contribution in [0.3, 0.4) is 0 Å². The van der Waals surface area contributed by atoms with E-state index in [1.807, 2.05) is 6.92 Å². The number of hydrogen-bond acceptors (Lipinski definition) is 10. The summed E-state index contributed by atoms with van der Waals surface area (Å²) in [6, 6.07) is 10.7. The summed E-state index contributed by atoms with van der Waals surface area (Å²) in [5, 5.41) is 11.6. The molecular weight excluding hydrogens is 524 g/mol. The van der Waals surface area contributed by atoms with E-state index in [0.717, 1.165) is 17.8 Å². The van der Waals surface area contributed by atoms with Gasteiger partial charge in [0.1, 0.15) is 29.6 Å². The Morgan fingerprint density at radius 3 is 2.67 bits per heavy atom. The molecule has 3 aromatic rings. The van der Waals surface area contributed by atoms with E-state index >= 15 is 0 Å². The molecule has 2 aliphatic heterocycles. The molecule has 1 unspecified atom stereocenters. The number of nitrogens with zero attached hydrogens (tertiary/aromatic N) is 2. The Morgan fingerprint density at radius 1 is 1.15 bits per heavy atom. The minimum atomic E-state index is -1.04. The average Bonchev–Trinajstić information content (AvgIpc) is 3.47. The van der Waals surface area contributed by atoms with E-state index in [1.54, 1.807) is 49.4 Å². The third-order valence-electron chi connectivity index (χ3n) is 6.27. The molecule has 0 radical (unpaired) electrons. The first kappa shape index (κ1) is 26.2. The van der Waals surface area contributed by atoms with Gasteiger partial charge in [0.2, 0.25) is 0 Å². The van der Waals surface area contributed by atoms with Crippen LogP contribution in [0.2, 0.25) is 0 Å². The Morgan fingerprint density at radius 2 is 1.92 bits per heavy atom. The zero-order valence-electron chi connectivity index (χ0n) is 21.6. The molecule has 10 nitrogen and oxygen atoms in total. The van der Waals surface area contributed by atoms with Crippen molar-refractivity contribution in [3.8, 4) is 17.2 Å². The van der Waals surface area contributed by atoms with Crippen LogP contribution in [-0.2, 0) is 14.3 Å². The van der Waals surface area contributed by atoms with Gasteiger partial charge >= 0.3 is 11.9 Å². The number of aliphatic hydroxyl groups excluding tert-OH is 1. The van der Waals surface area contributed by atoms with Gasteiger partial charge in [-0.15, -0.1) is 0 Å². The standard InChI is InChI=1S/C28H26N2O8S/c1-4-10-36-18-7-5-6-16(13-18)22-21(23(31)17-8-9-19-20(14-17)38-12-11-37-19)24(32)26(33)30(22)28-29-15(2)25(39-28)27(34)35-3/h5-9,13-14,22,31H,4,10-12H2,1-3H3/b23-21+. The molecule has 11 heteroatoms. The number of fused-ring (bicyclic) bond motifs is 1. The lowest BCUT2D eigenvalue weighted by Crippen LogP contribution is -2.29. The third kappa shape index (κ3) is 4.81. The minimum Gasteiger partial charge on any atom is -0.507 e. The molecule has 0 saturated carbocycles. The maximum atomic E-state index is 13.5. The minimum absolute atomic E-state index is 0.126. The van der Waals surface area contributed by atoms with Gasteiger partial charge in [0.15, 0.2) is 16.6 Å². The normalized spacial score (nSPS) is 17.8. The lowest BCUT2D eigenvalue weighted by molar-refractivity contribution is -0.132. The maximum Gasteiger partial charge on any atom is 0.350 e. The van der Waals surface area contributed by atoms with Crippen molar-refractivity contribution in [2.75, 3.05) is 31.8 Å². The summed E-state index contributed by atoms with van der Waals surface area (Å²) in [5.41, 5.74) is 1.03. The monoisotopic (exact) mass is 550 g/mol. The molecular formula is C28H26N2O8S. The van der Waals surface area contributed by atoms with Gasteiger partial charge in [0.25, 0.3) is 5.78 Å². The van der Waals surface area contributed by atoms with E-state index in [4.69, 9.17) is 18.9 Å². The first-order valence-electron chi connectivity index (χ1n) is 12.3. The lowest BCUT2D eigenvalue weighted by Gasteiger charge is -2.24. The van der Waals surface area contributed by atoms with Crippen molar-refractivity contribution >= 4 is 39.9 Å². The highest BCUT2D eigenvalue weighted by Crippen LogP contribution is 2.45. The van der Waals surface area contributed by atoms with E-state index in [1.165, 1.54) is 12.0 Å². The Bertz CT molecular complexity index is 1490. The van der Waals surface area contributed by atoms with Crippen molar-refractivity contribution in [2.24, 2.45) is 0 Å². The van der Waals surface area contributed by atoms with Crippen molar-refractivity contribution in [3.63, 3.8) is 0 Å². The Kier molecular flexibility index (Phi) is 7.25. The number of benzene rings is 2. The van der Waals surface area contributed by atoms with Crippen LogP contribution in [0.5, 0.6) is 17.2 Å². The van der Waals surface area contributed by atoms with Crippen LogP contribution in [0.4, 0.5) is 5.13 Å². The first-order valence-corrected chi connectivity index (χ1v) is 13.1. The molecule has 2 aromatic carbocycles. The van der Waals surface area contributed by atoms with Gasteiger partial charge in [-0.3, -0.25) is 14.5 Å². The van der Waals surface area contributed by atoms with Gasteiger partial charge in [-0.25, -0.2) is 9.78 Å². The van der Waals surface area contributed by atoms with Crippen LogP contribution in [-0.4, -0.2) is 54.7 Å². The smallest absolute Gasteiger partial charge is 0.350 e. The Balaban J connectivity index is 1.68. The number of methoxy groups -OCH3 is 1. The summed E-state index contributed by atoms with van der Waals surface area (Å²) in [5.74, 6) is -1.27. The molecule has 2 aliphatic rings. The fourth-order valence-corrected chi connectivity index (χ4v) is 5.46. The van der Waals surface area contributed by atoms with Gasteiger partial charge in [0.05, 0.1) is 31.0 Å². The second-order valence-electron chi connectivity index (χ2n) is 8.85. The molecule has 0 bridgehead atoms. The zero-order chi connectivity index (χ0) is 27.7. The molecule has 5 rings (SSSR count). The fraction of sp³-hybridized carbons (Fsp3) is 0.286. The lowest BCUT2D eigenvalue weighted by atomic mass is 9.95. The molecule has 1 atom stereocenters. The first-order chi connectivity index (χ1) is 18.8. The summed E-state index contributed by atoms with van der Waals surface area (Å²) in [6.45, 7) is 4.83. The molecule has 1 fully saturated rings. The summed E-state index contributed by atoms with van der Waals surface area (Å²) >= 11 is 0.935. The van der Waals surface area contributed by atoms with Gasteiger partial charge in [-0.1, -0.05) is 30.4 Å². The van der Waals surface area contributed by atoms with E-state index in [-0.39, 0.29) is 26.9 Å². The molecule has 39 heavy (non-hydrogen) atoms. The highest BCUT2D eigenvalue weighted by molar-refractivity contribution is 7.17. The Labute approximate surface area is 228 Å².